The zero-order valence-corrected chi connectivity index (χ0v) is 14.5. The molecule has 2 aromatic rings. The van der Waals surface area contributed by atoms with Crippen molar-refractivity contribution in [2.75, 3.05) is 6.61 Å². The molecule has 0 spiro atoms. The molecule has 25 heavy (non-hydrogen) atoms. The minimum atomic E-state index is -0.668. The van der Waals surface area contributed by atoms with Crippen LogP contribution in [0.2, 0.25) is 0 Å². The van der Waals surface area contributed by atoms with E-state index in [9.17, 15) is 10.1 Å². The average molecular weight is 335 g/mol. The van der Waals surface area contributed by atoms with Gasteiger partial charge in [0.2, 0.25) is 0 Å². The molecule has 4 nitrogen and oxygen atoms in total. The zero-order chi connectivity index (χ0) is 18.1. The fourth-order valence-corrected chi connectivity index (χ4v) is 2.14. The largest absolute Gasteiger partial charge is 0.494 e. The number of nitrogens with zero attached hydrogens (tertiary/aromatic N) is 1. The van der Waals surface area contributed by atoms with Gasteiger partial charge >= 0.3 is 5.97 Å². The predicted molar refractivity (Wildman–Crippen MR) is 97.3 cm³/mol. The third-order valence-corrected chi connectivity index (χ3v) is 3.55. The van der Waals surface area contributed by atoms with Gasteiger partial charge in [0, 0.05) is 0 Å². The molecule has 0 aliphatic carbocycles. The van der Waals surface area contributed by atoms with Crippen LogP contribution >= 0.6 is 0 Å². The molecule has 0 heterocycles. The Balaban J connectivity index is 2.07. The summed E-state index contributed by atoms with van der Waals surface area (Å²) in [6, 6.07) is 16.4. The van der Waals surface area contributed by atoms with Crippen molar-refractivity contribution in [1.82, 2.24) is 0 Å². The molecule has 0 bridgehead atoms. The summed E-state index contributed by atoms with van der Waals surface area (Å²) in [4.78, 5) is 12.2. The van der Waals surface area contributed by atoms with Gasteiger partial charge in [0.05, 0.1) is 6.61 Å². The molecule has 0 saturated carbocycles. The van der Waals surface area contributed by atoms with Crippen LogP contribution < -0.4 is 9.47 Å². The Labute approximate surface area is 148 Å². The summed E-state index contributed by atoms with van der Waals surface area (Å²) in [5, 5.41) is 9.24. The molecule has 2 rings (SSSR count). The number of hydrogen-bond donors (Lipinski definition) is 0. The van der Waals surface area contributed by atoms with Crippen molar-refractivity contribution in [3.05, 3.63) is 65.2 Å². The first-order valence-electron chi connectivity index (χ1n) is 8.32. The molecule has 4 heteroatoms. The monoisotopic (exact) mass is 335 g/mol. The number of esters is 1. The minimum absolute atomic E-state index is 0.0539. The van der Waals surface area contributed by atoms with E-state index in [0.717, 1.165) is 29.7 Å². The van der Waals surface area contributed by atoms with Crippen molar-refractivity contribution in [3.63, 3.8) is 0 Å². The summed E-state index contributed by atoms with van der Waals surface area (Å²) in [5.41, 5.74) is 1.83. The van der Waals surface area contributed by atoms with Crippen LogP contribution in [0.1, 0.15) is 31.4 Å². The molecule has 0 saturated heterocycles. The minimum Gasteiger partial charge on any atom is -0.494 e. The number of rotatable bonds is 7. The second-order valence-electron chi connectivity index (χ2n) is 5.47. The maximum Gasteiger partial charge on any atom is 0.354 e. The molecular formula is C21H21NO3. The van der Waals surface area contributed by atoms with E-state index < -0.39 is 5.97 Å². The maximum atomic E-state index is 12.2. The Morgan fingerprint density at radius 3 is 2.24 bits per heavy atom. The molecule has 0 atom stereocenters. The highest BCUT2D eigenvalue weighted by Crippen LogP contribution is 2.17. The van der Waals surface area contributed by atoms with Gasteiger partial charge in [0.1, 0.15) is 23.1 Å². The summed E-state index contributed by atoms with van der Waals surface area (Å²) in [5.74, 6) is 0.515. The van der Waals surface area contributed by atoms with Crippen LogP contribution in [0.5, 0.6) is 11.5 Å². The molecule has 2 aromatic carbocycles. The number of carbonyl (C=O) groups excluding carboxylic acids is 1. The van der Waals surface area contributed by atoms with Crippen molar-refractivity contribution in [2.45, 2.75) is 26.7 Å². The highest BCUT2D eigenvalue weighted by Gasteiger charge is 2.12. The topological polar surface area (TPSA) is 59.3 Å². The highest BCUT2D eigenvalue weighted by atomic mass is 16.5. The lowest BCUT2D eigenvalue weighted by Gasteiger charge is -2.05. The highest BCUT2D eigenvalue weighted by molar-refractivity contribution is 5.99. The van der Waals surface area contributed by atoms with Gasteiger partial charge < -0.3 is 9.47 Å². The molecule has 0 aromatic heterocycles. The van der Waals surface area contributed by atoms with Crippen LogP contribution in [-0.2, 0) is 11.2 Å². The standard InChI is InChI=1S/C21H21NO3/c1-3-13-24-19-9-7-17(8-10-19)14-18(15-22)21(23)25-20-11-5-16(4-2)6-12-20/h5-12,14H,3-4,13H2,1-2H3/b18-14-. The van der Waals surface area contributed by atoms with Gasteiger partial charge in [-0.15, -0.1) is 0 Å². The lowest BCUT2D eigenvalue weighted by molar-refractivity contribution is -0.129. The first kappa shape index (κ1) is 18.3. The number of hydrogen-bond acceptors (Lipinski definition) is 4. The quantitative estimate of drug-likeness (QED) is 0.322. The first-order valence-corrected chi connectivity index (χ1v) is 8.32. The van der Waals surface area contributed by atoms with E-state index in [0.29, 0.717) is 12.4 Å². The summed E-state index contributed by atoms with van der Waals surface area (Å²) in [7, 11) is 0. The van der Waals surface area contributed by atoms with E-state index in [1.54, 1.807) is 24.3 Å². The van der Waals surface area contributed by atoms with E-state index in [1.165, 1.54) is 6.08 Å². The van der Waals surface area contributed by atoms with E-state index in [4.69, 9.17) is 9.47 Å². The fraction of sp³-hybridized carbons (Fsp3) is 0.238. The van der Waals surface area contributed by atoms with Crippen molar-refractivity contribution in [2.24, 2.45) is 0 Å². The van der Waals surface area contributed by atoms with Crippen molar-refractivity contribution in [1.29, 1.82) is 5.26 Å². The summed E-state index contributed by atoms with van der Waals surface area (Å²) < 4.78 is 10.8. The smallest absolute Gasteiger partial charge is 0.354 e. The number of ether oxygens (including phenoxy) is 2. The van der Waals surface area contributed by atoms with Crippen LogP contribution in [0.4, 0.5) is 0 Å². The second-order valence-corrected chi connectivity index (χ2v) is 5.47. The van der Waals surface area contributed by atoms with Gasteiger partial charge in [0.25, 0.3) is 0 Å². The number of aryl methyl sites for hydroxylation is 1. The Hall–Kier alpha value is -3.06. The third kappa shape index (κ3) is 5.50. The molecule has 0 fully saturated rings. The summed E-state index contributed by atoms with van der Waals surface area (Å²) in [6.07, 6.45) is 3.35. The molecule has 0 radical (unpaired) electrons. The molecule has 0 amide bonds. The molecule has 0 aliphatic rings. The van der Waals surface area contributed by atoms with Gasteiger partial charge in [-0.1, -0.05) is 38.1 Å². The van der Waals surface area contributed by atoms with Crippen LogP contribution in [0.15, 0.2) is 54.1 Å². The molecule has 0 unspecified atom stereocenters. The van der Waals surface area contributed by atoms with Crippen molar-refractivity contribution >= 4 is 12.0 Å². The van der Waals surface area contributed by atoms with Crippen molar-refractivity contribution < 1.29 is 14.3 Å². The summed E-state index contributed by atoms with van der Waals surface area (Å²) >= 11 is 0. The van der Waals surface area contributed by atoms with Crippen LogP contribution in [0.25, 0.3) is 6.08 Å². The Morgan fingerprint density at radius 2 is 1.68 bits per heavy atom. The van der Waals surface area contributed by atoms with E-state index in [2.05, 4.69) is 6.92 Å². The third-order valence-electron chi connectivity index (χ3n) is 3.55. The normalized spacial score (nSPS) is 10.8. The Bertz CT molecular complexity index is 768. The fourth-order valence-electron chi connectivity index (χ4n) is 2.14. The molecule has 0 aliphatic heterocycles. The lowest BCUT2D eigenvalue weighted by Crippen LogP contribution is -2.10. The van der Waals surface area contributed by atoms with Crippen LogP contribution in [-0.4, -0.2) is 12.6 Å². The van der Waals surface area contributed by atoms with Gasteiger partial charge in [-0.05, 0) is 54.3 Å². The average Bonchev–Trinajstić information content (AvgIpc) is 2.65. The summed E-state index contributed by atoms with van der Waals surface area (Å²) in [6.45, 7) is 4.75. The first-order chi connectivity index (χ1) is 12.2. The number of carbonyl (C=O) groups is 1. The molecule has 0 N–H and O–H groups in total. The van der Waals surface area contributed by atoms with Gasteiger partial charge in [0.15, 0.2) is 0 Å². The zero-order valence-electron chi connectivity index (χ0n) is 14.5. The van der Waals surface area contributed by atoms with E-state index in [-0.39, 0.29) is 5.57 Å². The van der Waals surface area contributed by atoms with Gasteiger partial charge in [-0.2, -0.15) is 5.26 Å². The molecule has 128 valence electrons. The molecular weight excluding hydrogens is 314 g/mol. The number of nitriles is 1. The Morgan fingerprint density at radius 1 is 1.04 bits per heavy atom. The maximum absolute atomic E-state index is 12.2. The van der Waals surface area contributed by atoms with Crippen LogP contribution in [0, 0.1) is 11.3 Å². The second kappa shape index (κ2) is 9.29. The lowest BCUT2D eigenvalue weighted by atomic mass is 10.1. The van der Waals surface area contributed by atoms with Crippen LogP contribution in [0.3, 0.4) is 0 Å². The van der Waals surface area contributed by atoms with Gasteiger partial charge in [-0.3, -0.25) is 0 Å². The Kier molecular flexibility index (Phi) is 6.79. The number of benzene rings is 2. The SMILES string of the molecule is CCCOc1ccc(/C=C(/C#N)C(=O)Oc2ccc(CC)cc2)cc1. The predicted octanol–water partition coefficient (Wildman–Crippen LogP) is 4.55. The van der Waals surface area contributed by atoms with E-state index in [1.807, 2.05) is 37.3 Å². The van der Waals surface area contributed by atoms with Crippen molar-refractivity contribution in [3.8, 4) is 17.6 Å². The van der Waals surface area contributed by atoms with Gasteiger partial charge in [-0.25, -0.2) is 4.79 Å². The van der Waals surface area contributed by atoms with E-state index >= 15 is 0 Å².